The molecular formula is C13H24N2O2. The highest BCUT2D eigenvalue weighted by molar-refractivity contribution is 5.78. The molecule has 0 radical (unpaired) electrons. The molecule has 0 amide bonds. The number of nitrogens with two attached hydrogens (primary N) is 1. The van der Waals surface area contributed by atoms with E-state index < -0.39 is 11.5 Å². The summed E-state index contributed by atoms with van der Waals surface area (Å²) in [5, 5.41) is 9.22. The highest BCUT2D eigenvalue weighted by Crippen LogP contribution is 2.36. The van der Waals surface area contributed by atoms with Crippen molar-refractivity contribution in [3.8, 4) is 0 Å². The second-order valence-corrected chi connectivity index (χ2v) is 6.60. The number of carboxylic acid groups (broad SMARTS) is 1. The molecule has 1 saturated heterocycles. The van der Waals surface area contributed by atoms with Crippen molar-refractivity contribution in [3.05, 3.63) is 0 Å². The van der Waals surface area contributed by atoms with Crippen LogP contribution in [0.3, 0.4) is 0 Å². The molecule has 98 valence electrons. The Labute approximate surface area is 103 Å². The average Bonchev–Trinajstić information content (AvgIpc) is 2.59. The van der Waals surface area contributed by atoms with Crippen LogP contribution in [-0.4, -0.2) is 40.6 Å². The molecule has 1 saturated carbocycles. The van der Waals surface area contributed by atoms with Crippen LogP contribution in [0.2, 0.25) is 0 Å². The quantitative estimate of drug-likeness (QED) is 0.766. The number of hydrogen-bond donors (Lipinski definition) is 2. The third-order valence-corrected chi connectivity index (χ3v) is 4.41. The van der Waals surface area contributed by atoms with E-state index in [0.29, 0.717) is 24.3 Å². The standard InChI is InChI=1S/C13H24N2O2/c1-12(2)6-7-15(9-12)10-4-3-5-13(14,8-10)11(16)17/h10H,3-9,14H2,1-2H3,(H,16,17). The minimum atomic E-state index is -0.990. The second kappa shape index (κ2) is 4.25. The van der Waals surface area contributed by atoms with Gasteiger partial charge in [0.05, 0.1) is 0 Å². The van der Waals surface area contributed by atoms with Crippen LogP contribution in [0.15, 0.2) is 0 Å². The van der Waals surface area contributed by atoms with Crippen LogP contribution in [0.1, 0.15) is 46.0 Å². The zero-order valence-electron chi connectivity index (χ0n) is 10.9. The van der Waals surface area contributed by atoms with Gasteiger partial charge in [0.25, 0.3) is 0 Å². The summed E-state index contributed by atoms with van der Waals surface area (Å²) < 4.78 is 0. The Hall–Kier alpha value is -0.610. The molecule has 4 heteroatoms. The van der Waals surface area contributed by atoms with Gasteiger partial charge in [0.15, 0.2) is 0 Å². The molecule has 2 rings (SSSR count). The maximum absolute atomic E-state index is 11.2. The second-order valence-electron chi connectivity index (χ2n) is 6.60. The van der Waals surface area contributed by atoms with E-state index in [9.17, 15) is 9.90 Å². The average molecular weight is 240 g/mol. The Morgan fingerprint density at radius 2 is 2.12 bits per heavy atom. The lowest BCUT2D eigenvalue weighted by Gasteiger charge is -2.39. The Morgan fingerprint density at radius 3 is 2.65 bits per heavy atom. The van der Waals surface area contributed by atoms with E-state index in [0.717, 1.165) is 25.9 Å². The maximum atomic E-state index is 11.2. The summed E-state index contributed by atoms with van der Waals surface area (Å²) >= 11 is 0. The Kier molecular flexibility index (Phi) is 3.21. The minimum absolute atomic E-state index is 0.367. The van der Waals surface area contributed by atoms with Crippen molar-refractivity contribution in [1.82, 2.24) is 4.90 Å². The first kappa shape index (κ1) is 12.8. The summed E-state index contributed by atoms with van der Waals surface area (Å²) in [5.74, 6) is -0.833. The number of rotatable bonds is 2. The highest BCUT2D eigenvalue weighted by Gasteiger charge is 2.43. The van der Waals surface area contributed by atoms with E-state index in [-0.39, 0.29) is 0 Å². The molecule has 2 atom stereocenters. The van der Waals surface area contributed by atoms with Gasteiger partial charge >= 0.3 is 5.97 Å². The number of carbonyl (C=O) groups is 1. The molecule has 2 unspecified atom stereocenters. The van der Waals surface area contributed by atoms with E-state index in [1.54, 1.807) is 0 Å². The van der Waals surface area contributed by atoms with Gasteiger partial charge < -0.3 is 10.8 Å². The topological polar surface area (TPSA) is 66.6 Å². The van der Waals surface area contributed by atoms with Gasteiger partial charge in [0.1, 0.15) is 5.54 Å². The van der Waals surface area contributed by atoms with E-state index >= 15 is 0 Å². The van der Waals surface area contributed by atoms with Crippen LogP contribution in [-0.2, 0) is 4.79 Å². The van der Waals surface area contributed by atoms with E-state index in [1.807, 2.05) is 0 Å². The molecule has 0 aromatic carbocycles. The molecule has 1 aliphatic carbocycles. The van der Waals surface area contributed by atoms with Crippen molar-refractivity contribution in [2.24, 2.45) is 11.1 Å². The molecule has 1 aliphatic heterocycles. The van der Waals surface area contributed by atoms with Crippen LogP contribution in [0.4, 0.5) is 0 Å². The van der Waals surface area contributed by atoms with Crippen LogP contribution in [0.5, 0.6) is 0 Å². The monoisotopic (exact) mass is 240 g/mol. The number of aliphatic carboxylic acids is 1. The van der Waals surface area contributed by atoms with Crippen molar-refractivity contribution in [1.29, 1.82) is 0 Å². The van der Waals surface area contributed by atoms with Gasteiger partial charge in [0.2, 0.25) is 0 Å². The SMILES string of the molecule is CC1(C)CCN(C2CCCC(N)(C(=O)O)C2)C1. The zero-order chi connectivity index (χ0) is 12.7. The Balaban J connectivity index is 2.01. The van der Waals surface area contributed by atoms with Crippen LogP contribution in [0.25, 0.3) is 0 Å². The Bertz CT molecular complexity index is 317. The molecular weight excluding hydrogens is 216 g/mol. The van der Waals surface area contributed by atoms with Crippen molar-refractivity contribution >= 4 is 5.97 Å². The predicted molar refractivity (Wildman–Crippen MR) is 66.8 cm³/mol. The maximum Gasteiger partial charge on any atom is 0.323 e. The molecule has 0 aromatic rings. The first-order valence-electron chi connectivity index (χ1n) is 6.59. The fourth-order valence-corrected chi connectivity index (χ4v) is 3.25. The molecule has 4 nitrogen and oxygen atoms in total. The van der Waals surface area contributed by atoms with Crippen LogP contribution < -0.4 is 5.73 Å². The highest BCUT2D eigenvalue weighted by atomic mass is 16.4. The smallest absolute Gasteiger partial charge is 0.323 e. The molecule has 2 fully saturated rings. The van der Waals surface area contributed by atoms with Crippen molar-refractivity contribution < 1.29 is 9.90 Å². The lowest BCUT2D eigenvalue weighted by molar-refractivity contribution is -0.145. The summed E-state index contributed by atoms with van der Waals surface area (Å²) in [6.07, 6.45) is 4.47. The third kappa shape index (κ3) is 2.63. The lowest BCUT2D eigenvalue weighted by Crippen LogP contribution is -2.55. The van der Waals surface area contributed by atoms with Crippen molar-refractivity contribution in [2.45, 2.75) is 57.5 Å². The van der Waals surface area contributed by atoms with Gasteiger partial charge in [-0.25, -0.2) is 0 Å². The van der Waals surface area contributed by atoms with Crippen molar-refractivity contribution in [3.63, 3.8) is 0 Å². The molecule has 3 N–H and O–H groups in total. The van der Waals surface area contributed by atoms with Gasteiger partial charge in [-0.15, -0.1) is 0 Å². The van der Waals surface area contributed by atoms with Gasteiger partial charge in [0, 0.05) is 12.6 Å². The molecule has 0 aromatic heterocycles. The molecule has 2 aliphatic rings. The van der Waals surface area contributed by atoms with Gasteiger partial charge in [-0.3, -0.25) is 9.69 Å². The van der Waals surface area contributed by atoms with Crippen LogP contribution in [0, 0.1) is 5.41 Å². The number of likely N-dealkylation sites (tertiary alicyclic amines) is 1. The fourth-order valence-electron chi connectivity index (χ4n) is 3.25. The largest absolute Gasteiger partial charge is 0.480 e. The first-order valence-corrected chi connectivity index (χ1v) is 6.59. The molecule has 0 bridgehead atoms. The zero-order valence-corrected chi connectivity index (χ0v) is 10.9. The normalized spacial score (nSPS) is 38.2. The molecule has 1 heterocycles. The van der Waals surface area contributed by atoms with E-state index in [2.05, 4.69) is 18.7 Å². The number of hydrogen-bond acceptors (Lipinski definition) is 3. The minimum Gasteiger partial charge on any atom is -0.480 e. The summed E-state index contributed by atoms with van der Waals surface area (Å²) in [7, 11) is 0. The van der Waals surface area contributed by atoms with E-state index in [4.69, 9.17) is 5.73 Å². The summed E-state index contributed by atoms with van der Waals surface area (Å²) in [4.78, 5) is 13.7. The van der Waals surface area contributed by atoms with Gasteiger partial charge in [-0.2, -0.15) is 0 Å². The van der Waals surface area contributed by atoms with Gasteiger partial charge in [-0.1, -0.05) is 13.8 Å². The summed E-state index contributed by atoms with van der Waals surface area (Å²) in [6, 6.07) is 0.367. The third-order valence-electron chi connectivity index (χ3n) is 4.41. The van der Waals surface area contributed by atoms with Gasteiger partial charge in [-0.05, 0) is 44.1 Å². The van der Waals surface area contributed by atoms with Crippen molar-refractivity contribution in [2.75, 3.05) is 13.1 Å². The predicted octanol–water partition coefficient (Wildman–Crippen LogP) is 1.44. The molecule has 0 spiro atoms. The summed E-state index contributed by atoms with van der Waals surface area (Å²) in [6.45, 7) is 6.73. The number of nitrogens with zero attached hydrogens (tertiary/aromatic N) is 1. The Morgan fingerprint density at radius 1 is 1.41 bits per heavy atom. The lowest BCUT2D eigenvalue weighted by atomic mass is 9.79. The first-order chi connectivity index (χ1) is 7.82. The van der Waals surface area contributed by atoms with E-state index in [1.165, 1.54) is 6.42 Å². The van der Waals surface area contributed by atoms with Crippen LogP contribution >= 0.6 is 0 Å². The number of carboxylic acids is 1. The molecule has 17 heavy (non-hydrogen) atoms. The fraction of sp³-hybridized carbons (Fsp3) is 0.923. The summed E-state index contributed by atoms with van der Waals surface area (Å²) in [5.41, 5.74) is 5.38.